The summed E-state index contributed by atoms with van der Waals surface area (Å²) in [6, 6.07) is 0. The van der Waals surface area contributed by atoms with Gasteiger partial charge in [0.15, 0.2) is 5.78 Å². The normalized spacial score (nSPS) is 10.9. The van der Waals surface area contributed by atoms with E-state index in [-0.39, 0.29) is 18.0 Å². The lowest BCUT2D eigenvalue weighted by Crippen LogP contribution is -2.25. The molecule has 0 N–H and O–H groups in total. The zero-order chi connectivity index (χ0) is 9.84. The van der Waals surface area contributed by atoms with E-state index in [4.69, 9.17) is 0 Å². The highest BCUT2D eigenvalue weighted by molar-refractivity contribution is 5.75. The van der Waals surface area contributed by atoms with Gasteiger partial charge in [-0.2, -0.15) is 5.10 Å². The van der Waals surface area contributed by atoms with Crippen molar-refractivity contribution < 1.29 is 4.79 Å². The van der Waals surface area contributed by atoms with Crippen molar-refractivity contribution >= 4 is 12.0 Å². The van der Waals surface area contributed by atoms with Gasteiger partial charge in [0.2, 0.25) is 0 Å². The average molecular weight is 181 g/mol. The van der Waals surface area contributed by atoms with Gasteiger partial charge in [-0.1, -0.05) is 6.08 Å². The monoisotopic (exact) mass is 181 g/mol. The lowest BCUT2D eigenvalue weighted by Gasteiger charge is -1.92. The van der Waals surface area contributed by atoms with E-state index in [0.29, 0.717) is 0 Å². The Morgan fingerprint density at radius 1 is 1.69 bits per heavy atom. The second kappa shape index (κ2) is 3.84. The number of ketones is 1. The summed E-state index contributed by atoms with van der Waals surface area (Å²) >= 11 is 0. The van der Waals surface area contributed by atoms with Crippen molar-refractivity contribution in [1.82, 2.24) is 14.3 Å². The summed E-state index contributed by atoms with van der Waals surface area (Å²) in [5.41, 5.74) is -0.298. The molecule has 0 fully saturated rings. The highest BCUT2D eigenvalue weighted by Crippen LogP contribution is 1.82. The molecule has 0 saturated heterocycles. The van der Waals surface area contributed by atoms with E-state index < -0.39 is 0 Å². The summed E-state index contributed by atoms with van der Waals surface area (Å²) in [4.78, 5) is 22.1. The molecule has 0 amide bonds. The van der Waals surface area contributed by atoms with E-state index in [9.17, 15) is 9.59 Å². The number of nitrogens with zero attached hydrogens (tertiary/aromatic N) is 3. The molecule has 0 aromatic carbocycles. The van der Waals surface area contributed by atoms with Crippen LogP contribution in [0.1, 0.15) is 13.8 Å². The molecular formula is C8H11N3O2. The van der Waals surface area contributed by atoms with E-state index in [0.717, 1.165) is 4.68 Å². The lowest BCUT2D eigenvalue weighted by atomic mass is 10.5. The van der Waals surface area contributed by atoms with E-state index in [1.54, 1.807) is 19.2 Å². The Morgan fingerprint density at radius 2 is 2.38 bits per heavy atom. The summed E-state index contributed by atoms with van der Waals surface area (Å²) < 4.78 is 2.45. The molecule has 0 aliphatic rings. The highest BCUT2D eigenvalue weighted by atomic mass is 16.2. The molecule has 70 valence electrons. The fraction of sp³-hybridized carbons (Fsp3) is 0.375. The third kappa shape index (κ3) is 2.14. The van der Waals surface area contributed by atoms with Gasteiger partial charge in [-0.05, 0) is 13.8 Å². The van der Waals surface area contributed by atoms with Crippen LogP contribution in [0, 0.1) is 0 Å². The number of hydrogen-bond acceptors (Lipinski definition) is 3. The molecule has 5 nitrogen and oxygen atoms in total. The smallest absolute Gasteiger partial charge is 0.298 e. The minimum absolute atomic E-state index is 0.0311. The van der Waals surface area contributed by atoms with Crippen LogP contribution in [0.25, 0.3) is 6.20 Å². The van der Waals surface area contributed by atoms with E-state index in [1.165, 1.54) is 17.8 Å². The van der Waals surface area contributed by atoms with Crippen molar-refractivity contribution in [3.8, 4) is 0 Å². The lowest BCUT2D eigenvalue weighted by molar-refractivity contribution is -0.117. The first-order chi connectivity index (χ1) is 6.15. The van der Waals surface area contributed by atoms with Crippen LogP contribution in [0.15, 0.2) is 17.2 Å². The van der Waals surface area contributed by atoms with Crippen molar-refractivity contribution in [1.29, 1.82) is 0 Å². The van der Waals surface area contributed by atoms with Gasteiger partial charge in [-0.15, -0.1) is 0 Å². The Balaban J connectivity index is 3.00. The first kappa shape index (κ1) is 9.44. The Hall–Kier alpha value is -1.65. The largest absolute Gasteiger partial charge is 0.350 e. The summed E-state index contributed by atoms with van der Waals surface area (Å²) in [7, 11) is 0. The molecule has 1 aromatic rings. The number of rotatable bonds is 3. The average Bonchev–Trinajstić information content (AvgIpc) is 2.36. The molecule has 0 radical (unpaired) electrons. The zero-order valence-electron chi connectivity index (χ0n) is 7.60. The summed E-state index contributed by atoms with van der Waals surface area (Å²) in [5, 5.41) is 3.77. The first-order valence-corrected chi connectivity index (χ1v) is 3.91. The molecule has 1 rings (SSSR count). The molecule has 1 heterocycles. The molecule has 0 bridgehead atoms. The predicted octanol–water partition coefficient (Wildman–Crippen LogP) is 0.124. The van der Waals surface area contributed by atoms with Crippen LogP contribution in [0.3, 0.4) is 0 Å². The summed E-state index contributed by atoms with van der Waals surface area (Å²) in [6.07, 6.45) is 4.69. The molecule has 13 heavy (non-hydrogen) atoms. The van der Waals surface area contributed by atoms with Crippen molar-refractivity contribution in [2.75, 3.05) is 0 Å². The molecule has 5 heteroatoms. The fourth-order valence-electron chi connectivity index (χ4n) is 0.932. The van der Waals surface area contributed by atoms with Crippen LogP contribution in [0.2, 0.25) is 0 Å². The number of carbonyl (C=O) groups excluding carboxylic acids is 1. The van der Waals surface area contributed by atoms with Crippen LogP contribution < -0.4 is 5.69 Å². The van der Waals surface area contributed by atoms with Gasteiger partial charge in [0.1, 0.15) is 12.9 Å². The molecule has 0 unspecified atom stereocenters. The molecule has 0 saturated carbocycles. The topological polar surface area (TPSA) is 56.9 Å². The summed E-state index contributed by atoms with van der Waals surface area (Å²) in [5.74, 6) is -0.0900. The van der Waals surface area contributed by atoms with Gasteiger partial charge in [-0.25, -0.2) is 9.48 Å². The number of hydrogen-bond donors (Lipinski definition) is 0. The quantitative estimate of drug-likeness (QED) is 0.665. The van der Waals surface area contributed by atoms with Crippen LogP contribution in [0.5, 0.6) is 0 Å². The second-order valence-corrected chi connectivity index (χ2v) is 2.66. The van der Waals surface area contributed by atoms with E-state index in [2.05, 4.69) is 5.10 Å². The van der Waals surface area contributed by atoms with Crippen molar-refractivity contribution in [3.05, 3.63) is 22.9 Å². The number of Topliss-reactive ketones (excluding diaryl/α,β-unsaturated/α-hetero) is 1. The second-order valence-electron chi connectivity index (χ2n) is 2.66. The maximum absolute atomic E-state index is 11.4. The Morgan fingerprint density at radius 3 is 2.92 bits per heavy atom. The SMILES string of the molecule is C/C=C\n1cnn(CC(C)=O)c1=O. The standard InChI is InChI=1S/C8H11N3O2/c1-3-4-10-6-9-11(8(10)13)5-7(2)12/h3-4,6H,5H2,1-2H3/b4-3-. The minimum atomic E-state index is -0.298. The number of allylic oxidation sites excluding steroid dienone is 1. The Bertz CT molecular complexity index is 386. The van der Waals surface area contributed by atoms with Crippen molar-refractivity contribution in [3.63, 3.8) is 0 Å². The van der Waals surface area contributed by atoms with Gasteiger partial charge < -0.3 is 0 Å². The minimum Gasteiger partial charge on any atom is -0.298 e. The van der Waals surface area contributed by atoms with E-state index in [1.807, 2.05) is 0 Å². The molecular weight excluding hydrogens is 170 g/mol. The third-order valence-corrected chi connectivity index (χ3v) is 1.44. The predicted molar refractivity (Wildman–Crippen MR) is 48.2 cm³/mol. The Labute approximate surface area is 75.3 Å². The third-order valence-electron chi connectivity index (χ3n) is 1.44. The van der Waals surface area contributed by atoms with Crippen LogP contribution in [-0.2, 0) is 11.3 Å². The molecule has 0 aliphatic carbocycles. The van der Waals surface area contributed by atoms with Gasteiger partial charge in [0.25, 0.3) is 0 Å². The molecule has 0 aliphatic heterocycles. The van der Waals surface area contributed by atoms with Gasteiger partial charge >= 0.3 is 5.69 Å². The number of carbonyl (C=O) groups is 1. The summed E-state index contributed by atoms with van der Waals surface area (Å²) in [6.45, 7) is 3.25. The maximum atomic E-state index is 11.4. The Kier molecular flexibility index (Phi) is 2.79. The van der Waals surface area contributed by atoms with Gasteiger partial charge in [0, 0.05) is 6.20 Å². The van der Waals surface area contributed by atoms with Crippen LogP contribution in [-0.4, -0.2) is 20.1 Å². The van der Waals surface area contributed by atoms with Gasteiger partial charge in [0.05, 0.1) is 0 Å². The molecule has 0 spiro atoms. The van der Waals surface area contributed by atoms with E-state index >= 15 is 0 Å². The van der Waals surface area contributed by atoms with Gasteiger partial charge in [-0.3, -0.25) is 9.36 Å². The molecule has 1 aromatic heterocycles. The maximum Gasteiger partial charge on any atom is 0.350 e. The number of aromatic nitrogens is 3. The zero-order valence-corrected chi connectivity index (χ0v) is 7.60. The fourth-order valence-corrected chi connectivity index (χ4v) is 0.932. The van der Waals surface area contributed by atoms with Crippen molar-refractivity contribution in [2.24, 2.45) is 0 Å². The molecule has 0 atom stereocenters. The van der Waals surface area contributed by atoms with Crippen molar-refractivity contribution in [2.45, 2.75) is 20.4 Å². The first-order valence-electron chi connectivity index (χ1n) is 3.91. The van der Waals surface area contributed by atoms with Crippen LogP contribution >= 0.6 is 0 Å². The van der Waals surface area contributed by atoms with Crippen LogP contribution in [0.4, 0.5) is 0 Å². The highest BCUT2D eigenvalue weighted by Gasteiger charge is 2.03.